The summed E-state index contributed by atoms with van der Waals surface area (Å²) in [5.41, 5.74) is -0.334. The summed E-state index contributed by atoms with van der Waals surface area (Å²) in [5.74, 6) is 1.51. The Labute approximate surface area is 166 Å². The number of rotatable bonds is 6. The van der Waals surface area contributed by atoms with Crippen molar-refractivity contribution in [1.29, 1.82) is 0 Å². The second-order valence-electron chi connectivity index (χ2n) is 9.23. The number of aromatic nitrogens is 1. The highest BCUT2D eigenvalue weighted by Crippen LogP contribution is 2.38. The van der Waals surface area contributed by atoms with Gasteiger partial charge in [0.1, 0.15) is 5.01 Å². The van der Waals surface area contributed by atoms with Crippen molar-refractivity contribution < 1.29 is 9.59 Å². The average Bonchev–Trinajstić information content (AvgIpc) is 3.10. The van der Waals surface area contributed by atoms with Crippen LogP contribution in [0, 0.1) is 23.2 Å². The van der Waals surface area contributed by atoms with Crippen LogP contribution in [0.1, 0.15) is 76.8 Å². The summed E-state index contributed by atoms with van der Waals surface area (Å²) in [5, 5.41) is 9.45. The van der Waals surface area contributed by atoms with E-state index in [-0.39, 0.29) is 29.2 Å². The lowest BCUT2D eigenvalue weighted by Crippen LogP contribution is -2.41. The maximum Gasteiger partial charge on any atom is 0.225 e. The first-order valence-electron chi connectivity index (χ1n) is 10.3. The van der Waals surface area contributed by atoms with Crippen molar-refractivity contribution in [2.24, 2.45) is 23.2 Å². The van der Waals surface area contributed by atoms with Crippen LogP contribution in [-0.2, 0) is 9.59 Å². The molecule has 1 aromatic rings. The molecule has 1 atom stereocenters. The summed E-state index contributed by atoms with van der Waals surface area (Å²) in [6.45, 7) is 6.60. The van der Waals surface area contributed by atoms with Crippen LogP contribution in [0.2, 0.25) is 0 Å². The van der Waals surface area contributed by atoms with Gasteiger partial charge in [-0.3, -0.25) is 9.59 Å². The number of nitrogens with one attached hydrogen (secondary N) is 2. The molecule has 0 saturated heterocycles. The third-order valence-corrected chi connectivity index (χ3v) is 6.95. The summed E-state index contributed by atoms with van der Waals surface area (Å²) >= 11 is 1.64. The topological polar surface area (TPSA) is 71.1 Å². The molecular weight excluding hydrogens is 358 g/mol. The highest BCUT2D eigenvalue weighted by molar-refractivity contribution is 7.09. The van der Waals surface area contributed by atoms with E-state index in [4.69, 9.17) is 0 Å². The molecule has 2 aliphatic rings. The standard InChI is InChI=1S/C21H33N3O2S/c1-21(2,3)20(26)23-13-14-7-9-15(10-8-14)17(19-22-11-12-27-19)24-18(25)16-5-4-6-16/h11-12,14-17H,4-10,13H2,1-3H3,(H,23,26)(H,24,25). The maximum atomic E-state index is 12.5. The van der Waals surface area contributed by atoms with Crippen molar-refractivity contribution in [2.75, 3.05) is 6.54 Å². The Bertz CT molecular complexity index is 626. The molecule has 1 unspecified atom stereocenters. The number of hydrogen-bond donors (Lipinski definition) is 2. The largest absolute Gasteiger partial charge is 0.355 e. The molecule has 2 amide bonds. The van der Waals surface area contributed by atoms with Gasteiger partial charge in [-0.2, -0.15) is 0 Å². The van der Waals surface area contributed by atoms with Gasteiger partial charge in [0, 0.05) is 29.5 Å². The van der Waals surface area contributed by atoms with Crippen LogP contribution < -0.4 is 10.6 Å². The Kier molecular flexibility index (Phi) is 6.56. The predicted octanol–water partition coefficient (Wildman–Crippen LogP) is 4.07. The number of carbonyl (C=O) groups is 2. The second-order valence-corrected chi connectivity index (χ2v) is 10.2. The smallest absolute Gasteiger partial charge is 0.225 e. The van der Waals surface area contributed by atoms with Crippen LogP contribution in [0.4, 0.5) is 0 Å². The fraction of sp³-hybridized carbons (Fsp3) is 0.762. The number of hydrogen-bond acceptors (Lipinski definition) is 4. The summed E-state index contributed by atoms with van der Waals surface area (Å²) in [4.78, 5) is 29.1. The van der Waals surface area contributed by atoms with Crippen LogP contribution >= 0.6 is 11.3 Å². The number of amides is 2. The van der Waals surface area contributed by atoms with Crippen molar-refractivity contribution in [3.05, 3.63) is 16.6 Å². The molecule has 1 aromatic heterocycles. The van der Waals surface area contributed by atoms with Crippen LogP contribution in [0.5, 0.6) is 0 Å². The number of carbonyl (C=O) groups excluding carboxylic acids is 2. The Morgan fingerprint density at radius 2 is 1.89 bits per heavy atom. The molecule has 5 nitrogen and oxygen atoms in total. The van der Waals surface area contributed by atoms with E-state index in [1.807, 2.05) is 32.3 Å². The van der Waals surface area contributed by atoms with Gasteiger partial charge in [0.25, 0.3) is 0 Å². The average molecular weight is 392 g/mol. The minimum absolute atomic E-state index is 0.0446. The molecule has 3 rings (SSSR count). The molecule has 2 saturated carbocycles. The van der Waals surface area contributed by atoms with E-state index < -0.39 is 0 Å². The summed E-state index contributed by atoms with van der Waals surface area (Å²) in [6, 6.07) is 0.0446. The Hall–Kier alpha value is -1.43. The molecule has 0 spiro atoms. The van der Waals surface area contributed by atoms with Crippen LogP contribution in [0.3, 0.4) is 0 Å². The molecule has 2 fully saturated rings. The monoisotopic (exact) mass is 391 g/mol. The lowest BCUT2D eigenvalue weighted by Gasteiger charge is -2.35. The van der Waals surface area contributed by atoms with Gasteiger partial charge in [0.2, 0.25) is 11.8 Å². The molecule has 27 heavy (non-hydrogen) atoms. The van der Waals surface area contributed by atoms with E-state index in [9.17, 15) is 9.59 Å². The normalized spacial score (nSPS) is 24.7. The number of thiazole rings is 1. The van der Waals surface area contributed by atoms with E-state index >= 15 is 0 Å². The summed E-state index contributed by atoms with van der Waals surface area (Å²) < 4.78 is 0. The van der Waals surface area contributed by atoms with Gasteiger partial charge >= 0.3 is 0 Å². The van der Waals surface area contributed by atoms with Crippen molar-refractivity contribution in [1.82, 2.24) is 15.6 Å². The first-order valence-corrected chi connectivity index (χ1v) is 11.2. The lowest BCUT2D eigenvalue weighted by molar-refractivity contribution is -0.129. The van der Waals surface area contributed by atoms with Crippen molar-refractivity contribution in [3.63, 3.8) is 0 Å². The van der Waals surface area contributed by atoms with Crippen molar-refractivity contribution >= 4 is 23.2 Å². The van der Waals surface area contributed by atoms with Gasteiger partial charge in [0.15, 0.2) is 0 Å². The maximum absolute atomic E-state index is 12.5. The predicted molar refractivity (Wildman–Crippen MR) is 108 cm³/mol. The van der Waals surface area contributed by atoms with Crippen LogP contribution in [0.15, 0.2) is 11.6 Å². The van der Waals surface area contributed by atoms with E-state index in [0.717, 1.165) is 50.1 Å². The Morgan fingerprint density at radius 1 is 1.19 bits per heavy atom. The first kappa shape index (κ1) is 20.3. The zero-order chi connectivity index (χ0) is 19.4. The fourth-order valence-electron chi connectivity index (χ4n) is 3.94. The van der Waals surface area contributed by atoms with Crippen molar-refractivity contribution in [2.45, 2.75) is 71.8 Å². The van der Waals surface area contributed by atoms with Gasteiger partial charge in [-0.15, -0.1) is 11.3 Å². The van der Waals surface area contributed by atoms with Gasteiger partial charge < -0.3 is 10.6 Å². The highest BCUT2D eigenvalue weighted by atomic mass is 32.1. The fourth-order valence-corrected chi connectivity index (χ4v) is 4.72. The molecule has 150 valence electrons. The third kappa shape index (κ3) is 5.31. The van der Waals surface area contributed by atoms with E-state index in [1.54, 1.807) is 11.3 Å². The van der Waals surface area contributed by atoms with E-state index in [0.29, 0.717) is 11.8 Å². The summed E-state index contributed by atoms with van der Waals surface area (Å²) in [6.07, 6.45) is 9.39. The van der Waals surface area contributed by atoms with Crippen molar-refractivity contribution in [3.8, 4) is 0 Å². The third-order valence-electron chi connectivity index (χ3n) is 6.09. The van der Waals surface area contributed by atoms with Gasteiger partial charge in [-0.1, -0.05) is 27.2 Å². The molecule has 0 radical (unpaired) electrons. The second kappa shape index (κ2) is 8.72. The van der Waals surface area contributed by atoms with Gasteiger partial charge in [-0.05, 0) is 50.4 Å². The quantitative estimate of drug-likeness (QED) is 0.768. The molecule has 6 heteroatoms. The Morgan fingerprint density at radius 3 is 2.41 bits per heavy atom. The van der Waals surface area contributed by atoms with E-state index in [1.165, 1.54) is 6.42 Å². The summed E-state index contributed by atoms with van der Waals surface area (Å²) in [7, 11) is 0. The van der Waals surface area contributed by atoms with Crippen LogP contribution in [-0.4, -0.2) is 23.3 Å². The van der Waals surface area contributed by atoms with E-state index in [2.05, 4.69) is 15.6 Å². The molecule has 1 heterocycles. The molecule has 2 aliphatic carbocycles. The molecular formula is C21H33N3O2S. The molecule has 2 N–H and O–H groups in total. The zero-order valence-corrected chi connectivity index (χ0v) is 17.6. The molecule has 0 aromatic carbocycles. The van der Waals surface area contributed by atoms with Crippen LogP contribution in [0.25, 0.3) is 0 Å². The number of nitrogens with zero attached hydrogens (tertiary/aromatic N) is 1. The minimum atomic E-state index is -0.334. The first-order chi connectivity index (χ1) is 12.8. The SMILES string of the molecule is CC(C)(C)C(=O)NCC1CCC(C(NC(=O)C2CCC2)c2nccs2)CC1. The zero-order valence-electron chi connectivity index (χ0n) is 16.8. The van der Waals surface area contributed by atoms with Gasteiger partial charge in [0.05, 0.1) is 6.04 Å². The highest BCUT2D eigenvalue weighted by Gasteiger charge is 2.34. The van der Waals surface area contributed by atoms with Gasteiger partial charge in [-0.25, -0.2) is 4.98 Å². The Balaban J connectivity index is 1.53. The lowest BCUT2D eigenvalue weighted by atomic mass is 9.77. The molecule has 0 bridgehead atoms. The minimum Gasteiger partial charge on any atom is -0.355 e. The molecule has 0 aliphatic heterocycles.